The molecule has 2 heterocycles. The lowest BCUT2D eigenvalue weighted by Gasteiger charge is -2.19. The molecule has 0 aliphatic carbocycles. The van der Waals surface area contributed by atoms with E-state index in [0.29, 0.717) is 30.5 Å². The quantitative estimate of drug-likeness (QED) is 0.255. The molecule has 0 amide bonds. The second-order valence-corrected chi connectivity index (χ2v) is 6.79. The summed E-state index contributed by atoms with van der Waals surface area (Å²) in [6.07, 6.45) is -2.28. The number of nitrogens with zero attached hydrogens (tertiary/aromatic N) is 4. The lowest BCUT2D eigenvalue weighted by Crippen LogP contribution is -2.25. The minimum Gasteiger partial charge on any atom is -0.351 e. The van der Waals surface area contributed by atoms with Crippen LogP contribution in [0, 0.1) is 10.1 Å². The van der Waals surface area contributed by atoms with Crippen LogP contribution < -0.4 is 5.32 Å². The van der Waals surface area contributed by atoms with Gasteiger partial charge in [-0.3, -0.25) is 15.1 Å². The minimum absolute atomic E-state index is 0.0700. The maximum atomic E-state index is 13.6. The van der Waals surface area contributed by atoms with Crippen molar-refractivity contribution in [1.29, 1.82) is 0 Å². The van der Waals surface area contributed by atoms with Gasteiger partial charge in [-0.2, -0.15) is 18.3 Å². The van der Waals surface area contributed by atoms with Crippen molar-refractivity contribution < 1.29 is 27.6 Å². The molecular formula is C21H22F3N5O4. The summed E-state index contributed by atoms with van der Waals surface area (Å²) in [6.45, 7) is 4.35. The summed E-state index contributed by atoms with van der Waals surface area (Å²) in [5.41, 5.74) is -0.921. The van der Waals surface area contributed by atoms with E-state index in [0.717, 1.165) is 12.1 Å². The lowest BCUT2D eigenvalue weighted by molar-refractivity contribution is -0.384. The van der Waals surface area contributed by atoms with Gasteiger partial charge in [-0.05, 0) is 32.0 Å². The molecule has 0 saturated carbocycles. The molecular weight excluding hydrogens is 443 g/mol. The van der Waals surface area contributed by atoms with Crippen molar-refractivity contribution in [3.05, 3.63) is 64.5 Å². The Morgan fingerprint density at radius 1 is 1.18 bits per heavy atom. The van der Waals surface area contributed by atoms with E-state index in [1.54, 1.807) is 38.4 Å². The summed E-state index contributed by atoms with van der Waals surface area (Å²) >= 11 is 0. The zero-order valence-electron chi connectivity index (χ0n) is 17.9. The molecule has 0 saturated heterocycles. The molecule has 0 aliphatic rings. The van der Waals surface area contributed by atoms with Gasteiger partial charge in [-0.25, -0.2) is 4.68 Å². The van der Waals surface area contributed by atoms with Crippen molar-refractivity contribution in [3.63, 3.8) is 0 Å². The van der Waals surface area contributed by atoms with Crippen molar-refractivity contribution in [2.75, 3.05) is 18.5 Å². The van der Waals surface area contributed by atoms with Gasteiger partial charge in [0.25, 0.3) is 5.69 Å². The normalized spacial score (nSPS) is 11.7. The molecule has 0 bridgehead atoms. The van der Waals surface area contributed by atoms with Gasteiger partial charge in [0, 0.05) is 49.4 Å². The zero-order chi connectivity index (χ0) is 24.0. The molecule has 33 heavy (non-hydrogen) atoms. The number of nitro benzene ring substituents is 1. The van der Waals surface area contributed by atoms with Crippen LogP contribution in [-0.2, 0) is 22.2 Å². The fourth-order valence-electron chi connectivity index (χ4n) is 3.11. The van der Waals surface area contributed by atoms with Crippen LogP contribution in [0.25, 0.3) is 11.3 Å². The Balaban J connectivity index is 2.06. The van der Waals surface area contributed by atoms with Gasteiger partial charge in [0.1, 0.15) is 5.82 Å². The number of rotatable bonds is 10. The zero-order valence-corrected chi connectivity index (χ0v) is 17.9. The second-order valence-electron chi connectivity index (χ2n) is 6.79. The van der Waals surface area contributed by atoms with Crippen LogP contribution in [0.4, 0.5) is 30.4 Å². The summed E-state index contributed by atoms with van der Waals surface area (Å²) in [5, 5.41) is 18.3. The molecule has 2 aromatic heterocycles. The molecule has 12 heteroatoms. The first kappa shape index (κ1) is 24.1. The monoisotopic (exact) mass is 465 g/mol. The van der Waals surface area contributed by atoms with E-state index in [9.17, 15) is 23.3 Å². The summed E-state index contributed by atoms with van der Waals surface area (Å²) in [6, 6.07) is 7.31. The minimum atomic E-state index is -4.73. The maximum absolute atomic E-state index is 13.6. The Morgan fingerprint density at radius 3 is 2.48 bits per heavy atom. The number of non-ortho nitro benzene ring substituents is 1. The smallest absolute Gasteiger partial charge is 0.351 e. The van der Waals surface area contributed by atoms with E-state index in [1.807, 2.05) is 0 Å². The Bertz CT molecular complexity index is 1080. The number of pyridine rings is 1. The highest BCUT2D eigenvalue weighted by Gasteiger charge is 2.35. The first-order valence-electron chi connectivity index (χ1n) is 10.1. The second kappa shape index (κ2) is 10.4. The lowest BCUT2D eigenvalue weighted by atomic mass is 10.1. The third-order valence-electron chi connectivity index (χ3n) is 4.55. The predicted octanol–water partition coefficient (Wildman–Crippen LogP) is 5.01. The number of benzene rings is 1. The number of aromatic nitrogens is 3. The SMILES string of the molecule is CCOC(Cn1nc(-c2cccnc2)cc1Nc1cc([N+](=O)[O-])ccc1C(F)(F)F)OCC. The standard InChI is InChI=1S/C21H22F3N5O4/c1-3-32-20(33-4-2)13-28-19(11-17(27-28)14-6-5-9-25-12-14)26-18-10-15(29(30)31)7-8-16(18)21(22,23)24/h5-12,20,26H,3-4,13H2,1-2H3. The molecule has 3 rings (SSSR count). The van der Waals surface area contributed by atoms with Crippen LogP contribution >= 0.6 is 0 Å². The van der Waals surface area contributed by atoms with Crippen LogP contribution in [0.5, 0.6) is 0 Å². The fraction of sp³-hybridized carbons (Fsp3) is 0.333. The number of hydrogen-bond acceptors (Lipinski definition) is 7. The molecule has 0 atom stereocenters. The first-order chi connectivity index (χ1) is 15.7. The van der Waals surface area contributed by atoms with Gasteiger partial charge in [-0.15, -0.1) is 0 Å². The third-order valence-corrected chi connectivity index (χ3v) is 4.55. The van der Waals surface area contributed by atoms with Gasteiger partial charge in [0.2, 0.25) is 0 Å². The van der Waals surface area contributed by atoms with Crippen molar-refractivity contribution in [3.8, 4) is 11.3 Å². The molecule has 0 radical (unpaired) electrons. The number of halogens is 3. The molecule has 1 N–H and O–H groups in total. The molecule has 0 spiro atoms. The van der Waals surface area contributed by atoms with E-state index in [1.165, 1.54) is 10.7 Å². The van der Waals surface area contributed by atoms with Crippen molar-refractivity contribution >= 4 is 17.2 Å². The summed E-state index contributed by atoms with van der Waals surface area (Å²) in [5.74, 6) is 0.171. The van der Waals surface area contributed by atoms with E-state index in [4.69, 9.17) is 9.47 Å². The van der Waals surface area contributed by atoms with Crippen LogP contribution in [-0.4, -0.2) is 39.2 Å². The third kappa shape index (κ3) is 6.05. The summed E-state index contributed by atoms with van der Waals surface area (Å²) < 4.78 is 53.2. The van der Waals surface area contributed by atoms with Crippen molar-refractivity contribution in [2.24, 2.45) is 0 Å². The van der Waals surface area contributed by atoms with Crippen molar-refractivity contribution in [2.45, 2.75) is 32.9 Å². The van der Waals surface area contributed by atoms with E-state index < -0.39 is 34.3 Å². The fourth-order valence-corrected chi connectivity index (χ4v) is 3.11. The Kier molecular flexibility index (Phi) is 7.61. The number of ether oxygens (including phenoxy) is 2. The van der Waals surface area contributed by atoms with Gasteiger partial charge < -0.3 is 14.8 Å². The van der Waals surface area contributed by atoms with E-state index in [-0.39, 0.29) is 12.4 Å². The van der Waals surface area contributed by atoms with Gasteiger partial charge in [0.05, 0.1) is 28.4 Å². The van der Waals surface area contributed by atoms with Gasteiger partial charge in [-0.1, -0.05) is 0 Å². The average Bonchev–Trinajstić information content (AvgIpc) is 3.16. The maximum Gasteiger partial charge on any atom is 0.418 e. The number of anilines is 2. The topological polar surface area (TPSA) is 104 Å². The highest BCUT2D eigenvalue weighted by molar-refractivity contribution is 5.69. The van der Waals surface area contributed by atoms with Crippen LogP contribution in [0.2, 0.25) is 0 Å². The average molecular weight is 465 g/mol. The largest absolute Gasteiger partial charge is 0.418 e. The Hall–Kier alpha value is -3.51. The van der Waals surface area contributed by atoms with E-state index >= 15 is 0 Å². The first-order valence-corrected chi connectivity index (χ1v) is 10.1. The molecule has 176 valence electrons. The molecule has 0 unspecified atom stereocenters. The van der Waals surface area contributed by atoms with E-state index in [2.05, 4.69) is 15.4 Å². The van der Waals surface area contributed by atoms with Gasteiger partial charge >= 0.3 is 6.18 Å². The Labute approximate surface area is 187 Å². The van der Waals surface area contributed by atoms with Gasteiger partial charge in [0.15, 0.2) is 6.29 Å². The molecule has 1 aromatic carbocycles. The number of alkyl halides is 3. The number of hydrogen-bond donors (Lipinski definition) is 1. The predicted molar refractivity (Wildman–Crippen MR) is 114 cm³/mol. The number of nitro groups is 1. The molecule has 0 fully saturated rings. The molecule has 0 aliphatic heterocycles. The van der Waals surface area contributed by atoms with Crippen LogP contribution in [0.15, 0.2) is 48.8 Å². The van der Waals surface area contributed by atoms with Crippen LogP contribution in [0.1, 0.15) is 19.4 Å². The number of nitrogens with one attached hydrogen (secondary N) is 1. The highest BCUT2D eigenvalue weighted by Crippen LogP contribution is 2.38. The van der Waals surface area contributed by atoms with Crippen LogP contribution in [0.3, 0.4) is 0 Å². The Morgan fingerprint density at radius 2 is 1.91 bits per heavy atom. The molecule has 3 aromatic rings. The summed E-state index contributed by atoms with van der Waals surface area (Å²) in [4.78, 5) is 14.4. The molecule has 9 nitrogen and oxygen atoms in total. The highest BCUT2D eigenvalue weighted by atomic mass is 19.4. The summed E-state index contributed by atoms with van der Waals surface area (Å²) in [7, 11) is 0. The van der Waals surface area contributed by atoms with Crippen molar-refractivity contribution in [1.82, 2.24) is 14.8 Å².